The van der Waals surface area contributed by atoms with Crippen molar-refractivity contribution < 1.29 is 18.3 Å². The fourth-order valence-corrected chi connectivity index (χ4v) is 5.28. The standard InChI is InChI=1S/C16H22O4S/c1-16(2)9-11-4-3-5-12(15(11)20-16)10-21(18,19)14-7-6-13(17)8-14/h3-5,13-14,17H,6-10H2,1-2H3. The Bertz CT molecular complexity index is 648. The molecular weight excluding hydrogens is 288 g/mol. The first-order valence-electron chi connectivity index (χ1n) is 7.46. The second-order valence-electron chi connectivity index (χ2n) is 6.84. The largest absolute Gasteiger partial charge is 0.487 e. The van der Waals surface area contributed by atoms with Gasteiger partial charge in [-0.25, -0.2) is 8.42 Å². The zero-order valence-electron chi connectivity index (χ0n) is 12.5. The fourth-order valence-electron chi connectivity index (χ4n) is 3.37. The van der Waals surface area contributed by atoms with Gasteiger partial charge in [-0.1, -0.05) is 18.2 Å². The van der Waals surface area contributed by atoms with Gasteiger partial charge in [0.15, 0.2) is 9.84 Å². The zero-order valence-corrected chi connectivity index (χ0v) is 13.3. The second kappa shape index (κ2) is 4.99. The Kier molecular flexibility index (Phi) is 3.53. The maximum absolute atomic E-state index is 12.5. The number of fused-ring (bicyclic) bond motifs is 1. The third-order valence-corrected chi connectivity index (χ3v) is 6.55. The molecule has 3 rings (SSSR count). The molecule has 1 heterocycles. The molecule has 0 bridgehead atoms. The van der Waals surface area contributed by atoms with E-state index in [0.717, 1.165) is 23.3 Å². The number of ether oxygens (including phenoxy) is 1. The van der Waals surface area contributed by atoms with Gasteiger partial charge in [-0.15, -0.1) is 0 Å². The highest BCUT2D eigenvalue weighted by Crippen LogP contribution is 2.39. The summed E-state index contributed by atoms with van der Waals surface area (Å²) in [7, 11) is -3.24. The Hall–Kier alpha value is -1.07. The lowest BCUT2D eigenvalue weighted by Gasteiger charge is -2.19. The molecule has 116 valence electrons. The summed E-state index contributed by atoms with van der Waals surface area (Å²) in [6.45, 7) is 4.03. The zero-order chi connectivity index (χ0) is 15.3. The molecule has 5 heteroatoms. The summed E-state index contributed by atoms with van der Waals surface area (Å²) in [5.74, 6) is 0.744. The molecule has 1 saturated carbocycles. The van der Waals surface area contributed by atoms with Crippen LogP contribution >= 0.6 is 0 Å². The van der Waals surface area contributed by atoms with Crippen molar-refractivity contribution in [3.8, 4) is 5.75 Å². The molecule has 1 aromatic carbocycles. The summed E-state index contributed by atoms with van der Waals surface area (Å²) in [6.07, 6.45) is 1.84. The van der Waals surface area contributed by atoms with Crippen molar-refractivity contribution in [2.45, 2.75) is 62.2 Å². The number of rotatable bonds is 3. The summed E-state index contributed by atoms with van der Waals surface area (Å²) < 4.78 is 31.0. The number of benzene rings is 1. The minimum Gasteiger partial charge on any atom is -0.487 e. The third-order valence-electron chi connectivity index (χ3n) is 4.39. The van der Waals surface area contributed by atoms with Crippen molar-refractivity contribution in [1.29, 1.82) is 0 Å². The highest BCUT2D eigenvalue weighted by Gasteiger charge is 2.36. The first kappa shape index (κ1) is 14.9. The monoisotopic (exact) mass is 310 g/mol. The molecule has 21 heavy (non-hydrogen) atoms. The predicted octanol–water partition coefficient (Wildman–Crippen LogP) is 2.23. The van der Waals surface area contributed by atoms with Crippen molar-refractivity contribution in [3.05, 3.63) is 29.3 Å². The summed E-state index contributed by atoms with van der Waals surface area (Å²) in [5, 5.41) is 9.14. The van der Waals surface area contributed by atoms with E-state index in [0.29, 0.717) is 19.3 Å². The smallest absolute Gasteiger partial charge is 0.157 e. The molecule has 0 spiro atoms. The molecule has 4 nitrogen and oxygen atoms in total. The number of sulfone groups is 1. The molecule has 1 fully saturated rings. The Balaban J connectivity index is 1.85. The maximum atomic E-state index is 12.5. The van der Waals surface area contributed by atoms with Crippen LogP contribution in [0.15, 0.2) is 18.2 Å². The minimum atomic E-state index is -3.24. The highest BCUT2D eigenvalue weighted by molar-refractivity contribution is 7.91. The Morgan fingerprint density at radius 1 is 1.33 bits per heavy atom. The molecule has 1 aromatic rings. The van der Waals surface area contributed by atoms with Crippen molar-refractivity contribution >= 4 is 9.84 Å². The quantitative estimate of drug-likeness (QED) is 0.930. The van der Waals surface area contributed by atoms with Crippen molar-refractivity contribution in [2.75, 3.05) is 0 Å². The van der Waals surface area contributed by atoms with Gasteiger partial charge in [-0.3, -0.25) is 0 Å². The van der Waals surface area contributed by atoms with Gasteiger partial charge >= 0.3 is 0 Å². The van der Waals surface area contributed by atoms with Crippen molar-refractivity contribution in [1.82, 2.24) is 0 Å². The van der Waals surface area contributed by atoms with Crippen LogP contribution in [0.25, 0.3) is 0 Å². The molecule has 1 N–H and O–H groups in total. The molecule has 2 aliphatic rings. The normalized spacial score (nSPS) is 27.4. The molecule has 0 aromatic heterocycles. The Morgan fingerprint density at radius 3 is 2.76 bits per heavy atom. The van der Waals surface area contributed by atoms with E-state index >= 15 is 0 Å². The van der Waals surface area contributed by atoms with Crippen molar-refractivity contribution in [2.24, 2.45) is 0 Å². The van der Waals surface area contributed by atoms with Crippen LogP contribution in [-0.2, 0) is 22.0 Å². The van der Waals surface area contributed by atoms with Crippen LogP contribution in [0.3, 0.4) is 0 Å². The van der Waals surface area contributed by atoms with Gasteiger partial charge in [-0.2, -0.15) is 0 Å². The van der Waals surface area contributed by atoms with Crippen molar-refractivity contribution in [3.63, 3.8) is 0 Å². The molecule has 0 radical (unpaired) electrons. The summed E-state index contributed by atoms with van der Waals surface area (Å²) in [4.78, 5) is 0. The first-order valence-corrected chi connectivity index (χ1v) is 9.18. The van der Waals surface area contributed by atoms with Gasteiger partial charge in [0.2, 0.25) is 0 Å². The lowest BCUT2D eigenvalue weighted by Crippen LogP contribution is -2.25. The van der Waals surface area contributed by atoms with E-state index in [1.807, 2.05) is 32.0 Å². The van der Waals surface area contributed by atoms with E-state index in [-0.39, 0.29) is 11.4 Å². The van der Waals surface area contributed by atoms with Crippen LogP contribution in [0, 0.1) is 0 Å². The number of para-hydroxylation sites is 1. The van der Waals surface area contributed by atoms with Gasteiger partial charge in [0, 0.05) is 12.0 Å². The molecule has 0 amide bonds. The average Bonchev–Trinajstić information content (AvgIpc) is 2.92. The second-order valence-corrected chi connectivity index (χ2v) is 9.12. The first-order chi connectivity index (χ1) is 9.77. The van der Waals surface area contributed by atoms with Gasteiger partial charge < -0.3 is 9.84 Å². The lowest BCUT2D eigenvalue weighted by atomic mass is 10.0. The van der Waals surface area contributed by atoms with E-state index in [4.69, 9.17) is 4.74 Å². The summed E-state index contributed by atoms with van der Waals surface area (Å²) in [6, 6.07) is 5.74. The van der Waals surface area contributed by atoms with Gasteiger partial charge in [0.1, 0.15) is 11.4 Å². The highest BCUT2D eigenvalue weighted by atomic mass is 32.2. The SMILES string of the molecule is CC1(C)Cc2cccc(CS(=O)(=O)C3CCC(O)C3)c2O1. The Morgan fingerprint density at radius 2 is 2.10 bits per heavy atom. The average molecular weight is 310 g/mol. The number of aliphatic hydroxyl groups is 1. The van der Waals surface area contributed by atoms with E-state index in [1.54, 1.807) is 0 Å². The third kappa shape index (κ3) is 2.94. The summed E-state index contributed by atoms with van der Waals surface area (Å²) in [5.41, 5.74) is 1.56. The van der Waals surface area contributed by atoms with E-state index in [2.05, 4.69) is 0 Å². The maximum Gasteiger partial charge on any atom is 0.157 e. The molecule has 0 saturated heterocycles. The number of aliphatic hydroxyl groups excluding tert-OH is 1. The molecular formula is C16H22O4S. The van der Waals surface area contributed by atoms with Crippen LogP contribution in [0.1, 0.15) is 44.2 Å². The van der Waals surface area contributed by atoms with E-state index < -0.39 is 21.2 Å². The van der Waals surface area contributed by atoms with Gasteiger partial charge in [-0.05, 0) is 38.7 Å². The molecule has 2 unspecified atom stereocenters. The minimum absolute atomic E-state index is 0.00361. The van der Waals surface area contributed by atoms with Crippen LogP contribution < -0.4 is 4.74 Å². The van der Waals surface area contributed by atoms with Crippen LogP contribution in [0.4, 0.5) is 0 Å². The predicted molar refractivity (Wildman–Crippen MR) is 81.1 cm³/mol. The fraction of sp³-hybridized carbons (Fsp3) is 0.625. The molecule has 2 atom stereocenters. The van der Waals surface area contributed by atoms with Crippen LogP contribution in [0.2, 0.25) is 0 Å². The Labute approximate surface area is 126 Å². The molecule has 1 aliphatic heterocycles. The van der Waals surface area contributed by atoms with Gasteiger partial charge in [0.05, 0.1) is 17.1 Å². The van der Waals surface area contributed by atoms with Crippen LogP contribution in [0.5, 0.6) is 5.75 Å². The molecule has 1 aliphatic carbocycles. The number of hydrogen-bond acceptors (Lipinski definition) is 4. The topological polar surface area (TPSA) is 63.6 Å². The van der Waals surface area contributed by atoms with Gasteiger partial charge in [0.25, 0.3) is 0 Å². The lowest BCUT2D eigenvalue weighted by molar-refractivity contribution is 0.137. The van der Waals surface area contributed by atoms with E-state index in [9.17, 15) is 13.5 Å². The summed E-state index contributed by atoms with van der Waals surface area (Å²) >= 11 is 0. The number of hydrogen-bond donors (Lipinski definition) is 1. The van der Waals surface area contributed by atoms with Crippen LogP contribution in [-0.4, -0.2) is 30.5 Å². The van der Waals surface area contributed by atoms with E-state index in [1.165, 1.54) is 0 Å².